The number of esters is 1. The van der Waals surface area contributed by atoms with E-state index in [1.165, 1.54) is 19.3 Å². The number of unbranched alkanes of at least 4 members (excludes halogenated alkanes) is 2. The van der Waals surface area contributed by atoms with E-state index in [1.54, 1.807) is 0 Å². The number of hydrogen-bond acceptors (Lipinski definition) is 2. The summed E-state index contributed by atoms with van der Waals surface area (Å²) >= 11 is 0. The van der Waals surface area contributed by atoms with E-state index in [4.69, 9.17) is 4.74 Å². The molecule has 1 unspecified atom stereocenters. The molecule has 0 bridgehead atoms. The van der Waals surface area contributed by atoms with Crippen LogP contribution in [0.2, 0.25) is 0 Å². The molecule has 0 aromatic heterocycles. The first-order valence-electron chi connectivity index (χ1n) is 5.52. The summed E-state index contributed by atoms with van der Waals surface area (Å²) in [5.74, 6) is 0.189. The maximum atomic E-state index is 11.2. The van der Waals surface area contributed by atoms with E-state index in [-0.39, 0.29) is 5.97 Å². The van der Waals surface area contributed by atoms with Crippen molar-refractivity contribution in [2.24, 2.45) is 5.92 Å². The molecule has 0 rings (SSSR count). The zero-order valence-corrected chi connectivity index (χ0v) is 9.42. The molecule has 2 nitrogen and oxygen atoms in total. The number of carbonyl (C=O) groups is 1. The highest BCUT2D eigenvalue weighted by Gasteiger charge is 2.10. The first-order valence-corrected chi connectivity index (χ1v) is 5.52. The van der Waals surface area contributed by atoms with Crippen molar-refractivity contribution in [1.29, 1.82) is 0 Å². The summed E-state index contributed by atoms with van der Waals surface area (Å²) in [6.45, 7) is 8.22. The average Bonchev–Trinajstić information content (AvgIpc) is 2.17. The summed E-state index contributed by atoms with van der Waals surface area (Å²) in [7, 11) is 0. The van der Waals surface area contributed by atoms with Crippen molar-refractivity contribution in [2.75, 3.05) is 6.61 Å². The van der Waals surface area contributed by atoms with Crippen LogP contribution in [0.3, 0.4) is 0 Å². The molecule has 0 aromatic rings. The summed E-state index contributed by atoms with van der Waals surface area (Å²) in [4.78, 5) is 11.2. The third-order valence-electron chi connectivity index (χ3n) is 2.25. The Morgan fingerprint density at radius 3 is 2.64 bits per heavy atom. The monoisotopic (exact) mass is 198 g/mol. The van der Waals surface area contributed by atoms with E-state index in [2.05, 4.69) is 13.5 Å². The fourth-order valence-corrected chi connectivity index (χ4v) is 1.39. The second kappa shape index (κ2) is 8.79. The predicted molar refractivity (Wildman–Crippen MR) is 59.1 cm³/mol. The quantitative estimate of drug-likeness (QED) is 0.340. The smallest absolute Gasteiger partial charge is 0.306 e. The zero-order valence-electron chi connectivity index (χ0n) is 9.42. The third-order valence-corrected chi connectivity index (χ3v) is 2.25. The fourth-order valence-electron chi connectivity index (χ4n) is 1.39. The highest BCUT2D eigenvalue weighted by molar-refractivity contribution is 5.69. The van der Waals surface area contributed by atoms with Crippen LogP contribution in [0.25, 0.3) is 0 Å². The lowest BCUT2D eigenvalue weighted by Crippen LogP contribution is -2.10. The fraction of sp³-hybridized carbons (Fsp3) is 0.750. The molecule has 0 amide bonds. The van der Waals surface area contributed by atoms with E-state index in [0.29, 0.717) is 18.9 Å². The van der Waals surface area contributed by atoms with Crippen LogP contribution in [0.1, 0.15) is 46.0 Å². The van der Waals surface area contributed by atoms with Gasteiger partial charge in [0, 0.05) is 0 Å². The van der Waals surface area contributed by atoms with Gasteiger partial charge in [-0.2, -0.15) is 0 Å². The van der Waals surface area contributed by atoms with Crippen LogP contribution in [0.5, 0.6) is 0 Å². The molecule has 0 saturated heterocycles. The van der Waals surface area contributed by atoms with Gasteiger partial charge in [-0.3, -0.25) is 4.79 Å². The molecule has 82 valence electrons. The molecule has 2 heteroatoms. The van der Waals surface area contributed by atoms with Gasteiger partial charge in [-0.15, -0.1) is 6.58 Å². The molecule has 1 atom stereocenters. The first-order chi connectivity index (χ1) is 6.74. The first kappa shape index (κ1) is 13.2. The van der Waals surface area contributed by atoms with Crippen molar-refractivity contribution in [3.8, 4) is 0 Å². The Labute approximate surface area is 87.3 Å². The third kappa shape index (κ3) is 6.70. The Morgan fingerprint density at radius 2 is 2.14 bits per heavy atom. The standard InChI is InChI=1S/C12H22O2/c1-4-7-8-9-11(5-2)10-12(13)14-6-3/h5,11H,2,4,6-10H2,1,3H3. The second-order valence-corrected chi connectivity index (χ2v) is 3.50. The van der Waals surface area contributed by atoms with E-state index in [0.717, 1.165) is 6.42 Å². The van der Waals surface area contributed by atoms with Crippen LogP contribution >= 0.6 is 0 Å². The lowest BCUT2D eigenvalue weighted by Gasteiger charge is -2.10. The number of ether oxygens (including phenoxy) is 1. The molecule has 14 heavy (non-hydrogen) atoms. The summed E-state index contributed by atoms with van der Waals surface area (Å²) in [6.07, 6.45) is 7.02. The molecule has 0 aromatic carbocycles. The Bertz CT molecular complexity index is 164. The van der Waals surface area contributed by atoms with Gasteiger partial charge >= 0.3 is 5.97 Å². The summed E-state index contributed by atoms with van der Waals surface area (Å²) < 4.78 is 4.89. The Morgan fingerprint density at radius 1 is 1.43 bits per heavy atom. The Kier molecular flexibility index (Phi) is 8.30. The molecule has 0 saturated carbocycles. The molecular formula is C12H22O2. The van der Waals surface area contributed by atoms with E-state index in [9.17, 15) is 4.79 Å². The molecule has 0 spiro atoms. The SMILES string of the molecule is C=CC(CCCCC)CC(=O)OCC. The minimum atomic E-state index is -0.103. The summed E-state index contributed by atoms with van der Waals surface area (Å²) in [5, 5.41) is 0. The number of rotatable bonds is 8. The molecule has 0 N–H and O–H groups in total. The van der Waals surface area contributed by atoms with Gasteiger partial charge < -0.3 is 4.74 Å². The molecule has 0 radical (unpaired) electrons. The molecule has 0 aliphatic heterocycles. The molecule has 0 aliphatic rings. The van der Waals surface area contributed by atoms with Gasteiger partial charge in [-0.1, -0.05) is 32.3 Å². The van der Waals surface area contributed by atoms with E-state index >= 15 is 0 Å². The van der Waals surface area contributed by atoms with Crippen LogP contribution in [0, 0.1) is 5.92 Å². The van der Waals surface area contributed by atoms with Crippen LogP contribution in [0.4, 0.5) is 0 Å². The number of allylic oxidation sites excluding steroid dienone is 1. The maximum absolute atomic E-state index is 11.2. The van der Waals surface area contributed by atoms with E-state index < -0.39 is 0 Å². The van der Waals surface area contributed by atoms with Gasteiger partial charge in [0.1, 0.15) is 0 Å². The highest BCUT2D eigenvalue weighted by Crippen LogP contribution is 2.15. The van der Waals surface area contributed by atoms with Crippen LogP contribution in [-0.2, 0) is 9.53 Å². The van der Waals surface area contributed by atoms with Gasteiger partial charge in [-0.25, -0.2) is 0 Å². The van der Waals surface area contributed by atoms with E-state index in [1.807, 2.05) is 13.0 Å². The van der Waals surface area contributed by atoms with Crippen molar-refractivity contribution in [3.05, 3.63) is 12.7 Å². The van der Waals surface area contributed by atoms with Crippen LogP contribution in [0.15, 0.2) is 12.7 Å². The minimum absolute atomic E-state index is 0.103. The molecule has 0 aliphatic carbocycles. The van der Waals surface area contributed by atoms with Crippen LogP contribution in [-0.4, -0.2) is 12.6 Å². The van der Waals surface area contributed by atoms with Crippen molar-refractivity contribution in [3.63, 3.8) is 0 Å². The summed E-state index contributed by atoms with van der Waals surface area (Å²) in [6, 6.07) is 0. The van der Waals surface area contributed by atoms with Gasteiger partial charge in [0.05, 0.1) is 13.0 Å². The maximum Gasteiger partial charge on any atom is 0.306 e. The lowest BCUT2D eigenvalue weighted by molar-refractivity contribution is -0.143. The molecular weight excluding hydrogens is 176 g/mol. The number of hydrogen-bond donors (Lipinski definition) is 0. The van der Waals surface area contributed by atoms with Crippen molar-refractivity contribution in [1.82, 2.24) is 0 Å². The summed E-state index contributed by atoms with van der Waals surface area (Å²) in [5.41, 5.74) is 0. The van der Waals surface area contributed by atoms with Crippen molar-refractivity contribution < 1.29 is 9.53 Å². The van der Waals surface area contributed by atoms with Crippen molar-refractivity contribution in [2.45, 2.75) is 46.0 Å². The highest BCUT2D eigenvalue weighted by atomic mass is 16.5. The Hall–Kier alpha value is -0.790. The van der Waals surface area contributed by atoms with Gasteiger partial charge in [0.15, 0.2) is 0 Å². The largest absolute Gasteiger partial charge is 0.466 e. The second-order valence-electron chi connectivity index (χ2n) is 3.50. The van der Waals surface area contributed by atoms with Gasteiger partial charge in [0.25, 0.3) is 0 Å². The van der Waals surface area contributed by atoms with Crippen molar-refractivity contribution >= 4 is 5.97 Å². The Balaban J connectivity index is 3.67. The van der Waals surface area contributed by atoms with Gasteiger partial charge in [0.2, 0.25) is 0 Å². The number of carbonyl (C=O) groups excluding carboxylic acids is 1. The van der Waals surface area contributed by atoms with Crippen LogP contribution < -0.4 is 0 Å². The molecule has 0 fully saturated rings. The lowest BCUT2D eigenvalue weighted by atomic mass is 9.98. The topological polar surface area (TPSA) is 26.3 Å². The van der Waals surface area contributed by atoms with Gasteiger partial charge in [-0.05, 0) is 19.3 Å². The normalized spacial score (nSPS) is 12.1. The zero-order chi connectivity index (χ0) is 10.8. The average molecular weight is 198 g/mol. The molecule has 0 heterocycles. The predicted octanol–water partition coefficient (Wildman–Crippen LogP) is 3.32. The minimum Gasteiger partial charge on any atom is -0.466 e.